The smallest absolute Gasteiger partial charge is 0.248 e. The van der Waals surface area contributed by atoms with Gasteiger partial charge in [0.2, 0.25) is 15.9 Å². The highest BCUT2D eigenvalue weighted by atomic mass is 32.2. The van der Waals surface area contributed by atoms with Gasteiger partial charge in [-0.25, -0.2) is 8.42 Å². The van der Waals surface area contributed by atoms with E-state index < -0.39 is 10.0 Å². The van der Waals surface area contributed by atoms with E-state index in [1.54, 1.807) is 13.2 Å². The highest BCUT2D eigenvalue weighted by Crippen LogP contribution is 2.33. The van der Waals surface area contributed by atoms with Crippen LogP contribution in [0.15, 0.2) is 17.0 Å². The number of hydrogen-bond acceptors (Lipinski definition) is 7. The van der Waals surface area contributed by atoms with Crippen LogP contribution < -0.4 is 4.74 Å². The van der Waals surface area contributed by atoms with E-state index in [2.05, 4.69) is 9.80 Å². The monoisotopic (exact) mass is 562 g/mol. The minimum absolute atomic E-state index is 0.0136. The summed E-state index contributed by atoms with van der Waals surface area (Å²) < 4.78 is 39.4. The summed E-state index contributed by atoms with van der Waals surface area (Å²) in [4.78, 5) is 20.5. The summed E-state index contributed by atoms with van der Waals surface area (Å²) in [5.74, 6) is 0.657. The Morgan fingerprint density at radius 2 is 1.59 bits per heavy atom. The van der Waals surface area contributed by atoms with Crippen LogP contribution in [0.25, 0.3) is 0 Å². The maximum absolute atomic E-state index is 13.4. The Labute approximate surface area is 234 Å². The van der Waals surface area contributed by atoms with Gasteiger partial charge in [0.25, 0.3) is 0 Å². The standard InChI is InChI=1S/C29H46N4O5S/c1-22-19-27(37-3)20-23-5-4-12-33(39(35,36)29(22)23)17-18-38-21-28(34)30(2)24-6-8-25(9-7-24)31-13-15-32(16-14-31)26-10-11-26/h19-20,24-26H,4-18,21H2,1-3H3. The van der Waals surface area contributed by atoms with Crippen molar-refractivity contribution in [2.24, 2.45) is 0 Å². The predicted molar refractivity (Wildman–Crippen MR) is 151 cm³/mol. The number of aryl methyl sites for hydroxylation is 2. The first kappa shape index (κ1) is 28.8. The van der Waals surface area contributed by atoms with E-state index in [4.69, 9.17) is 9.47 Å². The second kappa shape index (κ2) is 12.4. The molecule has 218 valence electrons. The van der Waals surface area contributed by atoms with Gasteiger partial charge in [-0.05, 0) is 81.5 Å². The van der Waals surface area contributed by atoms with E-state index in [0.29, 0.717) is 35.2 Å². The third kappa shape index (κ3) is 6.62. The average Bonchev–Trinajstić information content (AvgIpc) is 3.79. The molecule has 0 bridgehead atoms. The zero-order valence-corrected chi connectivity index (χ0v) is 24.8. The number of piperazine rings is 1. The Morgan fingerprint density at radius 3 is 2.18 bits per heavy atom. The number of amides is 1. The number of carbonyl (C=O) groups excluding carboxylic acids is 1. The number of methoxy groups -OCH3 is 1. The Hall–Kier alpha value is -1.72. The highest BCUT2D eigenvalue weighted by molar-refractivity contribution is 7.89. The molecule has 1 amide bonds. The van der Waals surface area contributed by atoms with Crippen molar-refractivity contribution < 1.29 is 22.7 Å². The van der Waals surface area contributed by atoms with E-state index >= 15 is 0 Å². The molecule has 3 fully saturated rings. The van der Waals surface area contributed by atoms with Gasteiger partial charge in [-0.3, -0.25) is 14.6 Å². The molecule has 2 aliphatic heterocycles. The van der Waals surface area contributed by atoms with E-state index in [1.807, 2.05) is 24.9 Å². The van der Waals surface area contributed by atoms with Gasteiger partial charge in [0.15, 0.2) is 0 Å². The quantitative estimate of drug-likeness (QED) is 0.428. The van der Waals surface area contributed by atoms with E-state index in [-0.39, 0.29) is 31.7 Å². The lowest BCUT2D eigenvalue weighted by atomic mass is 9.89. The number of ether oxygens (including phenoxy) is 2. The summed E-state index contributed by atoms with van der Waals surface area (Å²) >= 11 is 0. The zero-order chi connectivity index (χ0) is 27.6. The number of nitrogens with zero attached hydrogens (tertiary/aromatic N) is 4. The minimum Gasteiger partial charge on any atom is -0.497 e. The number of fused-ring (bicyclic) bond motifs is 1. The molecule has 10 heteroatoms. The minimum atomic E-state index is -3.63. The molecular formula is C29H46N4O5S. The van der Waals surface area contributed by atoms with Crippen molar-refractivity contribution in [3.63, 3.8) is 0 Å². The van der Waals surface area contributed by atoms with E-state index in [9.17, 15) is 13.2 Å². The van der Waals surface area contributed by atoms with Crippen LogP contribution in [0.5, 0.6) is 5.75 Å². The fourth-order valence-electron chi connectivity index (χ4n) is 6.76. The second-order valence-corrected chi connectivity index (χ2v) is 13.6. The molecule has 0 N–H and O–H groups in total. The molecule has 0 aromatic heterocycles. The fourth-order valence-corrected chi connectivity index (χ4v) is 8.66. The molecule has 4 aliphatic rings. The van der Waals surface area contributed by atoms with Crippen molar-refractivity contribution in [2.45, 2.75) is 81.3 Å². The van der Waals surface area contributed by atoms with Gasteiger partial charge in [0, 0.05) is 64.4 Å². The normalized spacial score (nSPS) is 26.5. The maximum Gasteiger partial charge on any atom is 0.248 e. The van der Waals surface area contributed by atoms with E-state index in [0.717, 1.165) is 43.7 Å². The molecule has 9 nitrogen and oxygen atoms in total. The van der Waals surface area contributed by atoms with Gasteiger partial charge >= 0.3 is 0 Å². The molecule has 5 rings (SSSR count). The first-order chi connectivity index (χ1) is 18.8. The lowest BCUT2D eigenvalue weighted by Gasteiger charge is -2.43. The van der Waals surface area contributed by atoms with E-state index in [1.165, 1.54) is 43.3 Å². The number of likely N-dealkylation sites (N-methyl/N-ethyl adjacent to an activating group) is 1. The van der Waals surface area contributed by atoms with Gasteiger partial charge in [-0.2, -0.15) is 4.31 Å². The van der Waals surface area contributed by atoms with Gasteiger partial charge in [-0.15, -0.1) is 0 Å². The van der Waals surface area contributed by atoms with Crippen LogP contribution in [0.4, 0.5) is 0 Å². The molecule has 39 heavy (non-hydrogen) atoms. The third-order valence-corrected chi connectivity index (χ3v) is 11.4. The van der Waals surface area contributed by atoms with Crippen molar-refractivity contribution in [1.82, 2.24) is 19.0 Å². The van der Waals surface area contributed by atoms with Crippen molar-refractivity contribution >= 4 is 15.9 Å². The topological polar surface area (TPSA) is 82.6 Å². The average molecular weight is 563 g/mol. The van der Waals surface area contributed by atoms with Crippen molar-refractivity contribution in [2.75, 3.05) is 66.6 Å². The molecule has 0 spiro atoms. The van der Waals surface area contributed by atoms with Crippen molar-refractivity contribution in [1.29, 1.82) is 0 Å². The summed E-state index contributed by atoms with van der Waals surface area (Å²) in [5.41, 5.74) is 1.51. The SMILES string of the molecule is COc1cc(C)c2c(c1)CCCN(CCOCC(=O)N(C)C1CCC(N3CCN(C4CC4)CC3)CC1)S2(=O)=O. The number of carbonyl (C=O) groups is 1. The van der Waals surface area contributed by atoms with Gasteiger partial charge in [0.1, 0.15) is 12.4 Å². The molecule has 0 unspecified atom stereocenters. The van der Waals surface area contributed by atoms with Crippen LogP contribution in [0.2, 0.25) is 0 Å². The Balaban J connectivity index is 1.05. The first-order valence-electron chi connectivity index (χ1n) is 14.8. The van der Waals surface area contributed by atoms with Crippen LogP contribution >= 0.6 is 0 Å². The number of hydrogen-bond donors (Lipinski definition) is 0. The molecule has 0 atom stereocenters. The number of rotatable bonds is 9. The molecular weight excluding hydrogens is 516 g/mol. The molecule has 2 saturated carbocycles. The molecule has 2 heterocycles. The highest BCUT2D eigenvalue weighted by Gasteiger charge is 2.35. The summed E-state index contributed by atoms with van der Waals surface area (Å²) in [7, 11) is -0.151. The van der Waals surface area contributed by atoms with Gasteiger partial charge < -0.3 is 14.4 Å². The summed E-state index contributed by atoms with van der Waals surface area (Å²) in [6.45, 7) is 7.46. The largest absolute Gasteiger partial charge is 0.497 e. The molecule has 1 aromatic rings. The molecule has 0 radical (unpaired) electrons. The summed E-state index contributed by atoms with van der Waals surface area (Å²) in [6.07, 6.45) is 8.55. The lowest BCUT2D eigenvalue weighted by Crippen LogP contribution is -2.52. The van der Waals surface area contributed by atoms with Crippen LogP contribution in [0.1, 0.15) is 56.1 Å². The Bertz CT molecular complexity index is 1110. The Morgan fingerprint density at radius 1 is 0.974 bits per heavy atom. The maximum atomic E-state index is 13.4. The second-order valence-electron chi connectivity index (χ2n) is 11.8. The van der Waals surface area contributed by atoms with Crippen LogP contribution in [-0.2, 0) is 26.0 Å². The van der Waals surface area contributed by atoms with Crippen LogP contribution in [0, 0.1) is 6.92 Å². The summed E-state index contributed by atoms with van der Waals surface area (Å²) in [5, 5.41) is 0. The van der Waals surface area contributed by atoms with Crippen molar-refractivity contribution in [3.8, 4) is 5.75 Å². The Kier molecular flexibility index (Phi) is 9.18. The van der Waals surface area contributed by atoms with Crippen molar-refractivity contribution in [3.05, 3.63) is 23.3 Å². The van der Waals surface area contributed by atoms with Crippen LogP contribution in [0.3, 0.4) is 0 Å². The van der Waals surface area contributed by atoms with Gasteiger partial charge in [-0.1, -0.05) is 0 Å². The number of benzene rings is 1. The lowest BCUT2D eigenvalue weighted by molar-refractivity contribution is -0.137. The molecule has 1 aromatic carbocycles. The molecule has 2 aliphatic carbocycles. The fraction of sp³-hybridized carbons (Fsp3) is 0.759. The number of sulfonamides is 1. The zero-order valence-electron chi connectivity index (χ0n) is 23.9. The van der Waals surface area contributed by atoms with Gasteiger partial charge in [0.05, 0.1) is 18.6 Å². The predicted octanol–water partition coefficient (Wildman–Crippen LogP) is 2.51. The first-order valence-corrected chi connectivity index (χ1v) is 16.2. The van der Waals surface area contributed by atoms with Crippen LogP contribution in [-0.4, -0.2) is 118 Å². The summed E-state index contributed by atoms with van der Waals surface area (Å²) in [6, 6.07) is 5.37. The molecule has 1 saturated heterocycles. The third-order valence-electron chi connectivity index (χ3n) is 9.26.